The fraction of sp³-hybridized carbons (Fsp3) is 0.320. The van der Waals surface area contributed by atoms with E-state index in [0.717, 1.165) is 10.9 Å². The van der Waals surface area contributed by atoms with E-state index in [1.165, 1.54) is 6.26 Å². The molecule has 37 heavy (non-hydrogen) atoms. The summed E-state index contributed by atoms with van der Waals surface area (Å²) in [4.78, 5) is 39.5. The van der Waals surface area contributed by atoms with Crippen LogP contribution in [0.3, 0.4) is 0 Å². The molecule has 12 heteroatoms. The van der Waals surface area contributed by atoms with Crippen LogP contribution in [-0.2, 0) is 28.7 Å². The van der Waals surface area contributed by atoms with Crippen LogP contribution in [0.1, 0.15) is 44.7 Å². The Bertz CT molecular complexity index is 1390. The summed E-state index contributed by atoms with van der Waals surface area (Å²) in [6.45, 7) is 0.983. The molecule has 1 aliphatic rings. The normalized spacial score (nSPS) is 14.7. The quantitative estimate of drug-likeness (QED) is 0.338. The van der Waals surface area contributed by atoms with Gasteiger partial charge in [0.2, 0.25) is 0 Å². The molecule has 4 rings (SSSR count). The number of nitrogens with one attached hydrogen (secondary N) is 2. The Balaban J connectivity index is 1.48. The van der Waals surface area contributed by atoms with Crippen LogP contribution in [0.25, 0.3) is 11.0 Å². The molecular formula is C25H25Cl2N3O6S. The van der Waals surface area contributed by atoms with Gasteiger partial charge in [0.15, 0.2) is 0 Å². The predicted molar refractivity (Wildman–Crippen MR) is 141 cm³/mol. The highest BCUT2D eigenvalue weighted by molar-refractivity contribution is 7.82. The molecule has 196 valence electrons. The van der Waals surface area contributed by atoms with E-state index in [-0.39, 0.29) is 34.5 Å². The molecule has 0 fully saturated rings. The summed E-state index contributed by atoms with van der Waals surface area (Å²) in [6, 6.07) is 7.54. The van der Waals surface area contributed by atoms with Gasteiger partial charge >= 0.3 is 5.97 Å². The third-order valence-electron chi connectivity index (χ3n) is 6.20. The van der Waals surface area contributed by atoms with Gasteiger partial charge < -0.3 is 19.7 Å². The van der Waals surface area contributed by atoms with Gasteiger partial charge in [-0.2, -0.15) is 0 Å². The van der Waals surface area contributed by atoms with Gasteiger partial charge in [-0.25, -0.2) is 13.7 Å². The number of aliphatic carboxylic acids is 1. The molecule has 0 radical (unpaired) electrons. The molecule has 0 bridgehead atoms. The van der Waals surface area contributed by atoms with E-state index in [0.29, 0.717) is 42.6 Å². The standard InChI is InChI=1S/C25H25Cl2N3O6S/c1-37(35)28-8-2-3-19(25(33)34)29-23(31)21-18(26)11-16-13-30(9-6-17(16)22(21)27)24(32)15-5-4-14-7-10-36-20(14)12-15/h4-5,7,10-12,19,28H,2-3,6,8-9,13H2,1H3,(H,29,31)(H,33,34)/t19-,37?/m0/s1. The highest BCUT2D eigenvalue weighted by Gasteiger charge is 2.29. The Labute approximate surface area is 225 Å². The molecule has 0 saturated carbocycles. The second kappa shape index (κ2) is 11.6. The topological polar surface area (TPSA) is 129 Å². The van der Waals surface area contributed by atoms with E-state index in [9.17, 15) is 23.7 Å². The zero-order chi connectivity index (χ0) is 26.7. The summed E-state index contributed by atoms with van der Waals surface area (Å²) in [5.74, 6) is -2.05. The fourth-order valence-corrected chi connectivity index (χ4v) is 5.51. The minimum atomic E-state index is -1.21. The Kier molecular flexibility index (Phi) is 8.53. The lowest BCUT2D eigenvalue weighted by Gasteiger charge is -2.30. The van der Waals surface area contributed by atoms with Gasteiger partial charge in [-0.05, 0) is 54.7 Å². The van der Waals surface area contributed by atoms with Gasteiger partial charge in [0.25, 0.3) is 11.8 Å². The Morgan fingerprint density at radius 3 is 2.73 bits per heavy atom. The van der Waals surface area contributed by atoms with Crippen LogP contribution in [0.2, 0.25) is 10.0 Å². The van der Waals surface area contributed by atoms with Crippen LogP contribution in [0, 0.1) is 0 Å². The number of furan rings is 1. The molecule has 1 aromatic heterocycles. The van der Waals surface area contributed by atoms with E-state index in [1.54, 1.807) is 29.4 Å². The van der Waals surface area contributed by atoms with E-state index < -0.39 is 28.9 Å². The second-order valence-corrected chi connectivity index (χ2v) is 10.7. The first-order chi connectivity index (χ1) is 17.7. The van der Waals surface area contributed by atoms with Crippen molar-refractivity contribution in [3.63, 3.8) is 0 Å². The van der Waals surface area contributed by atoms with Crippen LogP contribution in [0.15, 0.2) is 41.0 Å². The van der Waals surface area contributed by atoms with Crippen molar-refractivity contribution >= 4 is 62.9 Å². The smallest absolute Gasteiger partial charge is 0.326 e. The largest absolute Gasteiger partial charge is 0.480 e. The van der Waals surface area contributed by atoms with Crippen LogP contribution in [-0.4, -0.2) is 57.4 Å². The Hall–Kier alpha value is -2.92. The maximum absolute atomic E-state index is 13.1. The zero-order valence-corrected chi connectivity index (χ0v) is 22.2. The number of fused-ring (bicyclic) bond motifs is 2. The molecule has 0 spiro atoms. The number of halogens is 2. The first kappa shape index (κ1) is 27.1. The SMILES string of the molecule is CS(=O)NCCC[C@H](NC(=O)c1c(Cl)cc2c(c1Cl)CCN(C(=O)c1ccc3ccoc3c1)C2)C(=O)O. The summed E-state index contributed by atoms with van der Waals surface area (Å²) in [5, 5.41) is 13.1. The molecule has 0 aliphatic carbocycles. The highest BCUT2D eigenvalue weighted by Crippen LogP contribution is 2.35. The summed E-state index contributed by atoms with van der Waals surface area (Å²) in [5.41, 5.74) is 2.55. The molecule has 2 amide bonds. The summed E-state index contributed by atoms with van der Waals surface area (Å²) in [6.07, 6.45) is 3.97. The predicted octanol–water partition coefficient (Wildman–Crippen LogP) is 3.78. The third kappa shape index (κ3) is 6.15. The van der Waals surface area contributed by atoms with Gasteiger partial charge in [0, 0.05) is 36.8 Å². The maximum atomic E-state index is 13.1. The Morgan fingerprint density at radius 1 is 1.22 bits per heavy atom. The third-order valence-corrected chi connectivity index (χ3v) is 7.53. The second-order valence-electron chi connectivity index (χ2n) is 8.69. The van der Waals surface area contributed by atoms with Gasteiger partial charge in [0.1, 0.15) is 11.6 Å². The van der Waals surface area contributed by atoms with E-state index in [2.05, 4.69) is 10.0 Å². The first-order valence-electron chi connectivity index (χ1n) is 11.5. The van der Waals surface area contributed by atoms with E-state index in [4.69, 9.17) is 27.6 Å². The van der Waals surface area contributed by atoms with Crippen molar-refractivity contribution in [3.8, 4) is 0 Å². The van der Waals surface area contributed by atoms with Crippen molar-refractivity contribution in [2.75, 3.05) is 19.3 Å². The minimum absolute atomic E-state index is 0.00386. The van der Waals surface area contributed by atoms with E-state index in [1.807, 2.05) is 12.1 Å². The Morgan fingerprint density at radius 2 is 2.00 bits per heavy atom. The summed E-state index contributed by atoms with van der Waals surface area (Å²) >= 11 is 13.0. The minimum Gasteiger partial charge on any atom is -0.480 e. The fourth-order valence-electron chi connectivity index (χ4n) is 4.31. The number of nitrogens with zero attached hydrogens (tertiary/aromatic N) is 1. The molecule has 3 aromatic rings. The first-order valence-corrected chi connectivity index (χ1v) is 13.8. The average molecular weight is 566 g/mol. The molecule has 9 nitrogen and oxygen atoms in total. The average Bonchev–Trinajstić information content (AvgIpc) is 3.32. The van der Waals surface area contributed by atoms with Crippen molar-refractivity contribution in [2.24, 2.45) is 0 Å². The van der Waals surface area contributed by atoms with Crippen LogP contribution in [0.4, 0.5) is 0 Å². The summed E-state index contributed by atoms with van der Waals surface area (Å²) in [7, 11) is -1.21. The lowest BCUT2D eigenvalue weighted by molar-refractivity contribution is -0.139. The number of carboxylic acids is 1. The van der Waals surface area contributed by atoms with Gasteiger partial charge in [0.05, 0.1) is 32.9 Å². The van der Waals surface area contributed by atoms with Crippen molar-refractivity contribution in [3.05, 3.63) is 68.9 Å². The monoisotopic (exact) mass is 565 g/mol. The maximum Gasteiger partial charge on any atom is 0.326 e. The van der Waals surface area contributed by atoms with Gasteiger partial charge in [-0.3, -0.25) is 9.59 Å². The number of amides is 2. The molecule has 2 heterocycles. The summed E-state index contributed by atoms with van der Waals surface area (Å²) < 4.78 is 19.2. The number of carboxylic acid groups (broad SMARTS) is 1. The molecule has 2 aromatic carbocycles. The zero-order valence-electron chi connectivity index (χ0n) is 19.9. The van der Waals surface area contributed by atoms with Crippen molar-refractivity contribution < 1.29 is 28.1 Å². The van der Waals surface area contributed by atoms with Crippen LogP contribution >= 0.6 is 23.2 Å². The van der Waals surface area contributed by atoms with Crippen LogP contribution < -0.4 is 10.0 Å². The molecular weight excluding hydrogens is 541 g/mol. The lowest BCUT2D eigenvalue weighted by Crippen LogP contribution is -2.41. The number of carbonyl (C=O) groups is 3. The number of carbonyl (C=O) groups excluding carboxylic acids is 2. The van der Waals surface area contributed by atoms with Gasteiger partial charge in [-0.1, -0.05) is 29.3 Å². The van der Waals surface area contributed by atoms with Crippen molar-refractivity contribution in [1.29, 1.82) is 0 Å². The molecule has 1 unspecified atom stereocenters. The number of hydrogen-bond donors (Lipinski definition) is 3. The van der Waals surface area contributed by atoms with Crippen molar-refractivity contribution in [2.45, 2.75) is 31.8 Å². The number of benzene rings is 2. The number of rotatable bonds is 9. The van der Waals surface area contributed by atoms with Crippen LogP contribution in [0.5, 0.6) is 0 Å². The number of hydrogen-bond acceptors (Lipinski definition) is 5. The molecule has 0 saturated heterocycles. The van der Waals surface area contributed by atoms with Crippen molar-refractivity contribution in [1.82, 2.24) is 14.9 Å². The molecule has 1 aliphatic heterocycles. The van der Waals surface area contributed by atoms with E-state index >= 15 is 0 Å². The lowest BCUT2D eigenvalue weighted by atomic mass is 9.95. The molecule has 3 N–H and O–H groups in total. The highest BCUT2D eigenvalue weighted by atomic mass is 35.5. The van der Waals surface area contributed by atoms with Gasteiger partial charge in [-0.15, -0.1) is 0 Å². The molecule has 2 atom stereocenters.